The van der Waals surface area contributed by atoms with Crippen molar-refractivity contribution in [3.8, 4) is 0 Å². The van der Waals surface area contributed by atoms with Gasteiger partial charge in [-0.25, -0.2) is 4.98 Å². The number of aromatic nitrogens is 1. The van der Waals surface area contributed by atoms with Crippen molar-refractivity contribution >= 4 is 41.3 Å². The average molecular weight is 422 g/mol. The Bertz CT molecular complexity index is 464. The molecule has 4 nitrogen and oxygen atoms in total. The minimum Gasteiger partial charge on any atom is -0.370 e. The molecule has 0 aliphatic carbocycles. The van der Waals surface area contributed by atoms with Crippen molar-refractivity contribution in [2.75, 3.05) is 19.6 Å². The predicted octanol–water partition coefficient (Wildman–Crippen LogP) is 3.22. The van der Waals surface area contributed by atoms with Gasteiger partial charge >= 0.3 is 0 Å². The van der Waals surface area contributed by atoms with Crippen LogP contribution in [0.5, 0.6) is 0 Å². The summed E-state index contributed by atoms with van der Waals surface area (Å²) in [7, 11) is 0. The zero-order valence-corrected chi connectivity index (χ0v) is 16.4. The lowest BCUT2D eigenvalue weighted by Crippen LogP contribution is -2.42. The van der Waals surface area contributed by atoms with Crippen LogP contribution in [0.3, 0.4) is 0 Å². The second-order valence-corrected chi connectivity index (χ2v) is 6.91. The molecular formula is C15H27IN4S. The normalized spacial score (nSPS) is 16.9. The predicted molar refractivity (Wildman–Crippen MR) is 102 cm³/mol. The standard InChI is InChI=1S/C15H26N4S.HI/c1-4-13-12(3)20-14(18-13)5-8-17-15(16)19-9-6-11(2)7-10-19;/h11H,4-10H2,1-3H3,(H2,16,17);1H. The number of thiazole rings is 1. The monoisotopic (exact) mass is 422 g/mol. The number of aryl methyl sites for hydroxylation is 2. The van der Waals surface area contributed by atoms with Gasteiger partial charge in [0.25, 0.3) is 0 Å². The zero-order chi connectivity index (χ0) is 14.5. The molecule has 120 valence electrons. The molecule has 0 bridgehead atoms. The van der Waals surface area contributed by atoms with E-state index < -0.39 is 0 Å². The number of hydrogen-bond acceptors (Lipinski definition) is 3. The summed E-state index contributed by atoms with van der Waals surface area (Å²) in [5.74, 6) is 1.53. The Morgan fingerprint density at radius 1 is 1.43 bits per heavy atom. The minimum atomic E-state index is 0. The molecule has 2 rings (SSSR count). The van der Waals surface area contributed by atoms with Gasteiger partial charge in [0, 0.05) is 30.9 Å². The van der Waals surface area contributed by atoms with Crippen molar-refractivity contribution in [3.05, 3.63) is 15.6 Å². The average Bonchev–Trinajstić information content (AvgIpc) is 2.79. The van der Waals surface area contributed by atoms with Crippen LogP contribution in [0.4, 0.5) is 0 Å². The molecule has 2 N–H and O–H groups in total. The topological polar surface area (TPSA) is 54.5 Å². The lowest BCUT2D eigenvalue weighted by molar-refractivity contribution is 0.277. The van der Waals surface area contributed by atoms with Crippen LogP contribution < -0.4 is 5.73 Å². The third-order valence-corrected chi connectivity index (χ3v) is 5.05. The van der Waals surface area contributed by atoms with Crippen LogP contribution in [-0.4, -0.2) is 35.5 Å². The maximum atomic E-state index is 6.08. The summed E-state index contributed by atoms with van der Waals surface area (Å²) in [4.78, 5) is 12.7. The molecule has 1 aliphatic heterocycles. The number of nitrogens with two attached hydrogens (primary N) is 1. The van der Waals surface area contributed by atoms with Gasteiger partial charge in [-0.1, -0.05) is 13.8 Å². The quantitative estimate of drug-likeness (QED) is 0.461. The molecule has 0 saturated carbocycles. The van der Waals surface area contributed by atoms with Crippen LogP contribution in [0.15, 0.2) is 4.99 Å². The fraction of sp³-hybridized carbons (Fsp3) is 0.733. The number of hydrogen-bond donors (Lipinski definition) is 1. The molecule has 1 aromatic rings. The van der Waals surface area contributed by atoms with E-state index in [4.69, 9.17) is 5.73 Å². The van der Waals surface area contributed by atoms with E-state index in [0.717, 1.165) is 38.4 Å². The Morgan fingerprint density at radius 3 is 2.67 bits per heavy atom. The van der Waals surface area contributed by atoms with Crippen molar-refractivity contribution in [2.45, 2.75) is 46.5 Å². The molecule has 1 aliphatic rings. The molecule has 0 unspecified atom stereocenters. The van der Waals surface area contributed by atoms with Gasteiger partial charge in [-0.3, -0.25) is 4.99 Å². The van der Waals surface area contributed by atoms with Crippen LogP contribution in [0.1, 0.15) is 42.3 Å². The van der Waals surface area contributed by atoms with Crippen LogP contribution in [0.25, 0.3) is 0 Å². The maximum absolute atomic E-state index is 6.08. The molecule has 0 atom stereocenters. The van der Waals surface area contributed by atoms with E-state index in [2.05, 4.69) is 35.6 Å². The summed E-state index contributed by atoms with van der Waals surface area (Å²) in [6.07, 6.45) is 4.36. The second-order valence-electron chi connectivity index (χ2n) is 5.62. The van der Waals surface area contributed by atoms with Gasteiger partial charge in [0.05, 0.1) is 10.7 Å². The van der Waals surface area contributed by atoms with Gasteiger partial charge in [0.2, 0.25) is 0 Å². The Balaban J connectivity index is 0.00000220. The highest BCUT2D eigenvalue weighted by atomic mass is 127. The number of likely N-dealkylation sites (tertiary alicyclic amines) is 1. The number of halogens is 1. The number of piperidine rings is 1. The van der Waals surface area contributed by atoms with Crippen molar-refractivity contribution in [1.82, 2.24) is 9.88 Å². The van der Waals surface area contributed by atoms with Gasteiger partial charge in [-0.15, -0.1) is 35.3 Å². The largest absolute Gasteiger partial charge is 0.370 e. The van der Waals surface area contributed by atoms with Crippen molar-refractivity contribution < 1.29 is 0 Å². The minimum absolute atomic E-state index is 0. The van der Waals surface area contributed by atoms with E-state index in [9.17, 15) is 0 Å². The second kappa shape index (κ2) is 8.92. The first-order chi connectivity index (χ1) is 9.60. The van der Waals surface area contributed by atoms with Crippen molar-refractivity contribution in [1.29, 1.82) is 0 Å². The third kappa shape index (κ3) is 5.39. The molecule has 1 saturated heterocycles. The molecule has 0 radical (unpaired) electrons. The van der Waals surface area contributed by atoms with Gasteiger partial charge < -0.3 is 10.6 Å². The SMILES string of the molecule is CCc1nc(CCN=C(N)N2CCC(C)CC2)sc1C.I. The van der Waals surface area contributed by atoms with Crippen LogP contribution >= 0.6 is 35.3 Å². The molecule has 2 heterocycles. The molecule has 1 aromatic heterocycles. The van der Waals surface area contributed by atoms with E-state index >= 15 is 0 Å². The van der Waals surface area contributed by atoms with Gasteiger partial charge in [0.1, 0.15) is 0 Å². The van der Waals surface area contributed by atoms with Crippen LogP contribution in [-0.2, 0) is 12.8 Å². The maximum Gasteiger partial charge on any atom is 0.191 e. The van der Waals surface area contributed by atoms with Gasteiger partial charge in [0.15, 0.2) is 5.96 Å². The molecular weight excluding hydrogens is 395 g/mol. The molecule has 0 aromatic carbocycles. The molecule has 0 amide bonds. The third-order valence-electron chi connectivity index (χ3n) is 3.98. The van der Waals surface area contributed by atoms with Crippen LogP contribution in [0, 0.1) is 12.8 Å². The van der Waals surface area contributed by atoms with E-state index in [1.807, 2.05) is 0 Å². The molecule has 1 fully saturated rings. The first-order valence-electron chi connectivity index (χ1n) is 7.60. The molecule has 0 spiro atoms. The first kappa shape index (κ1) is 18.7. The van der Waals surface area contributed by atoms with Gasteiger partial charge in [-0.2, -0.15) is 0 Å². The van der Waals surface area contributed by atoms with E-state index in [0.29, 0.717) is 5.96 Å². The van der Waals surface area contributed by atoms with Crippen LogP contribution in [0.2, 0.25) is 0 Å². The summed E-state index contributed by atoms with van der Waals surface area (Å²) in [5, 5.41) is 1.18. The molecule has 21 heavy (non-hydrogen) atoms. The number of nitrogens with zero attached hydrogens (tertiary/aromatic N) is 3. The Labute approximate surface area is 149 Å². The zero-order valence-electron chi connectivity index (χ0n) is 13.3. The Kier molecular flexibility index (Phi) is 7.94. The highest BCUT2D eigenvalue weighted by Gasteiger charge is 2.16. The summed E-state index contributed by atoms with van der Waals surface area (Å²) < 4.78 is 0. The number of aliphatic imine (C=N–C) groups is 1. The molecule has 6 heteroatoms. The number of guanidine groups is 1. The van der Waals surface area contributed by atoms with E-state index in [1.54, 1.807) is 11.3 Å². The summed E-state index contributed by atoms with van der Waals surface area (Å²) in [6, 6.07) is 0. The van der Waals surface area contributed by atoms with E-state index in [-0.39, 0.29) is 24.0 Å². The number of rotatable bonds is 4. The lowest BCUT2D eigenvalue weighted by Gasteiger charge is -2.31. The van der Waals surface area contributed by atoms with Crippen molar-refractivity contribution in [2.24, 2.45) is 16.6 Å². The highest BCUT2D eigenvalue weighted by molar-refractivity contribution is 14.0. The lowest BCUT2D eigenvalue weighted by atomic mass is 10.00. The fourth-order valence-electron chi connectivity index (χ4n) is 2.53. The Hall–Kier alpha value is -0.370. The fourth-order valence-corrected chi connectivity index (χ4v) is 3.54. The Morgan fingerprint density at radius 2 is 2.10 bits per heavy atom. The van der Waals surface area contributed by atoms with Crippen molar-refractivity contribution in [3.63, 3.8) is 0 Å². The highest BCUT2D eigenvalue weighted by Crippen LogP contribution is 2.18. The smallest absolute Gasteiger partial charge is 0.191 e. The van der Waals surface area contributed by atoms with Gasteiger partial charge in [-0.05, 0) is 32.1 Å². The summed E-state index contributed by atoms with van der Waals surface area (Å²) >= 11 is 1.79. The summed E-state index contributed by atoms with van der Waals surface area (Å²) in [6.45, 7) is 9.44. The van der Waals surface area contributed by atoms with E-state index in [1.165, 1.54) is 28.4 Å². The summed E-state index contributed by atoms with van der Waals surface area (Å²) in [5.41, 5.74) is 7.31. The first-order valence-corrected chi connectivity index (χ1v) is 8.41.